The lowest BCUT2D eigenvalue weighted by Gasteiger charge is -2.12. The number of aryl methyl sites for hydroxylation is 1. The van der Waals surface area contributed by atoms with Crippen molar-refractivity contribution in [3.05, 3.63) is 70.4 Å². The molecule has 0 unspecified atom stereocenters. The lowest BCUT2D eigenvalue weighted by atomic mass is 10.1. The van der Waals surface area contributed by atoms with Crippen LogP contribution < -0.4 is 15.6 Å². The minimum absolute atomic E-state index is 0.187. The third-order valence-corrected chi connectivity index (χ3v) is 4.53. The summed E-state index contributed by atoms with van der Waals surface area (Å²) in [5.41, 5.74) is 0.0337. The van der Waals surface area contributed by atoms with Gasteiger partial charge in [0.25, 0.3) is 11.5 Å². The number of ether oxygens (including phenoxy) is 1. The van der Waals surface area contributed by atoms with Crippen LogP contribution in [0.2, 0.25) is 0 Å². The maximum absolute atomic E-state index is 12.9. The number of carbonyl (C=O) groups is 1. The van der Waals surface area contributed by atoms with Crippen molar-refractivity contribution in [1.29, 1.82) is 0 Å². The van der Waals surface area contributed by atoms with E-state index in [2.05, 4.69) is 17.3 Å². The van der Waals surface area contributed by atoms with Gasteiger partial charge in [-0.2, -0.15) is 5.10 Å². The van der Waals surface area contributed by atoms with Crippen molar-refractivity contribution >= 4 is 16.7 Å². The van der Waals surface area contributed by atoms with Crippen LogP contribution in [0.4, 0.5) is 4.39 Å². The number of nitrogens with one attached hydrogen (secondary N) is 1. The van der Waals surface area contributed by atoms with E-state index in [1.54, 1.807) is 24.3 Å². The van der Waals surface area contributed by atoms with Gasteiger partial charge in [0.15, 0.2) is 5.69 Å². The van der Waals surface area contributed by atoms with Crippen molar-refractivity contribution in [3.63, 3.8) is 0 Å². The Bertz CT molecular complexity index is 1030. The molecular weight excluding hydrogens is 373 g/mol. The van der Waals surface area contributed by atoms with Crippen LogP contribution in [0.25, 0.3) is 10.8 Å². The summed E-state index contributed by atoms with van der Waals surface area (Å²) in [6.45, 7) is 3.04. The van der Waals surface area contributed by atoms with Crippen molar-refractivity contribution < 1.29 is 13.9 Å². The number of amides is 1. The molecule has 1 heterocycles. The predicted octanol–water partition coefficient (Wildman–Crippen LogP) is 3.53. The van der Waals surface area contributed by atoms with E-state index in [4.69, 9.17) is 4.74 Å². The van der Waals surface area contributed by atoms with Gasteiger partial charge in [0.1, 0.15) is 18.2 Å². The van der Waals surface area contributed by atoms with E-state index in [0.29, 0.717) is 23.1 Å². The Morgan fingerprint density at radius 3 is 2.55 bits per heavy atom. The van der Waals surface area contributed by atoms with E-state index in [9.17, 15) is 14.0 Å². The van der Waals surface area contributed by atoms with Crippen molar-refractivity contribution in [1.82, 2.24) is 15.1 Å². The quantitative estimate of drug-likeness (QED) is 0.561. The fraction of sp³-hybridized carbons (Fsp3) is 0.318. The monoisotopic (exact) mass is 397 g/mol. The van der Waals surface area contributed by atoms with Crippen LogP contribution in [0, 0.1) is 5.82 Å². The van der Waals surface area contributed by atoms with Crippen molar-refractivity contribution in [3.8, 4) is 5.75 Å². The fourth-order valence-corrected chi connectivity index (χ4v) is 3.01. The molecule has 0 fully saturated rings. The molecule has 0 saturated heterocycles. The molecule has 0 atom stereocenters. The first-order valence-corrected chi connectivity index (χ1v) is 9.76. The number of unbranched alkanes of at least 4 members (excludes halogenated alkanes) is 2. The number of nitrogens with zero attached hydrogens (tertiary/aromatic N) is 2. The zero-order valence-electron chi connectivity index (χ0n) is 16.4. The number of fused-ring (bicyclic) bond motifs is 1. The molecule has 6 nitrogen and oxygen atoms in total. The van der Waals surface area contributed by atoms with E-state index in [1.807, 2.05) is 0 Å². The topological polar surface area (TPSA) is 73.2 Å². The van der Waals surface area contributed by atoms with Gasteiger partial charge in [0.2, 0.25) is 0 Å². The van der Waals surface area contributed by atoms with E-state index < -0.39 is 0 Å². The first-order chi connectivity index (χ1) is 14.1. The average Bonchev–Trinajstić information content (AvgIpc) is 2.74. The standard InChI is InChI=1S/C22H24FN3O3/c1-2-3-6-14-26-22(28)19-8-5-4-7-18(19)20(25-26)21(27)24-13-15-29-17-11-9-16(23)10-12-17/h4-5,7-12H,2-3,6,13-15H2,1H3,(H,24,27). The zero-order chi connectivity index (χ0) is 20.6. The molecule has 0 bridgehead atoms. The second-order valence-corrected chi connectivity index (χ2v) is 6.69. The first-order valence-electron chi connectivity index (χ1n) is 9.76. The molecule has 2 aromatic carbocycles. The normalized spacial score (nSPS) is 10.8. The minimum atomic E-state index is -0.367. The average molecular weight is 397 g/mol. The Morgan fingerprint density at radius 2 is 1.83 bits per heavy atom. The van der Waals surface area contributed by atoms with Crippen molar-refractivity contribution in [2.75, 3.05) is 13.2 Å². The van der Waals surface area contributed by atoms with Gasteiger partial charge in [-0.3, -0.25) is 9.59 Å². The second-order valence-electron chi connectivity index (χ2n) is 6.69. The van der Waals surface area contributed by atoms with Gasteiger partial charge >= 0.3 is 0 Å². The molecule has 0 aliphatic heterocycles. The number of carbonyl (C=O) groups excluding carboxylic acids is 1. The number of aromatic nitrogens is 2. The van der Waals surface area contributed by atoms with Gasteiger partial charge in [-0.05, 0) is 36.8 Å². The molecule has 152 valence electrons. The van der Waals surface area contributed by atoms with Gasteiger partial charge in [0, 0.05) is 11.9 Å². The lowest BCUT2D eigenvalue weighted by Crippen LogP contribution is -2.32. The molecule has 0 aliphatic rings. The Morgan fingerprint density at radius 1 is 1.10 bits per heavy atom. The fourth-order valence-electron chi connectivity index (χ4n) is 3.01. The number of halogens is 1. The van der Waals surface area contributed by atoms with Gasteiger partial charge in [0.05, 0.1) is 11.9 Å². The highest BCUT2D eigenvalue weighted by Gasteiger charge is 2.16. The van der Waals surface area contributed by atoms with Gasteiger partial charge in [-0.1, -0.05) is 38.0 Å². The highest BCUT2D eigenvalue weighted by Crippen LogP contribution is 2.14. The lowest BCUT2D eigenvalue weighted by molar-refractivity contribution is 0.0941. The third-order valence-electron chi connectivity index (χ3n) is 4.53. The second kappa shape index (κ2) is 9.82. The summed E-state index contributed by atoms with van der Waals surface area (Å²) in [4.78, 5) is 25.4. The molecule has 1 amide bonds. The summed E-state index contributed by atoms with van der Waals surface area (Å²) < 4.78 is 19.8. The Balaban J connectivity index is 1.71. The third kappa shape index (κ3) is 5.19. The van der Waals surface area contributed by atoms with Crippen LogP contribution in [0.3, 0.4) is 0 Å². The summed E-state index contributed by atoms with van der Waals surface area (Å²) in [5, 5.41) is 8.11. The molecule has 3 aromatic rings. The largest absolute Gasteiger partial charge is 0.492 e. The smallest absolute Gasteiger partial charge is 0.274 e. The number of benzene rings is 2. The van der Waals surface area contributed by atoms with Gasteiger partial charge in [-0.15, -0.1) is 0 Å². The van der Waals surface area contributed by atoms with Crippen LogP contribution in [-0.2, 0) is 6.54 Å². The molecule has 0 saturated carbocycles. The van der Waals surface area contributed by atoms with Gasteiger partial charge < -0.3 is 10.1 Å². The zero-order valence-corrected chi connectivity index (χ0v) is 16.4. The SMILES string of the molecule is CCCCCn1nc(C(=O)NCCOc2ccc(F)cc2)c2ccccc2c1=O. The predicted molar refractivity (Wildman–Crippen MR) is 110 cm³/mol. The summed E-state index contributed by atoms with van der Waals surface area (Å²) >= 11 is 0. The van der Waals surface area contributed by atoms with E-state index in [0.717, 1.165) is 19.3 Å². The molecule has 3 rings (SSSR count). The van der Waals surface area contributed by atoms with Crippen LogP contribution in [-0.4, -0.2) is 28.8 Å². The van der Waals surface area contributed by atoms with Crippen molar-refractivity contribution in [2.24, 2.45) is 0 Å². The van der Waals surface area contributed by atoms with E-state index in [1.165, 1.54) is 28.9 Å². The highest BCUT2D eigenvalue weighted by molar-refractivity contribution is 6.04. The molecule has 7 heteroatoms. The van der Waals surface area contributed by atoms with Crippen LogP contribution >= 0.6 is 0 Å². The molecular formula is C22H24FN3O3. The molecule has 0 radical (unpaired) electrons. The Hall–Kier alpha value is -3.22. The number of hydrogen-bond acceptors (Lipinski definition) is 4. The summed E-state index contributed by atoms with van der Waals surface area (Å²) in [7, 11) is 0. The Labute approximate surface area is 168 Å². The molecule has 1 N–H and O–H groups in total. The molecule has 0 aliphatic carbocycles. The number of rotatable bonds is 9. The summed E-state index contributed by atoms with van der Waals surface area (Å²) in [5.74, 6) is -0.181. The van der Waals surface area contributed by atoms with Crippen molar-refractivity contribution in [2.45, 2.75) is 32.7 Å². The van der Waals surface area contributed by atoms with Crippen LogP contribution in [0.5, 0.6) is 5.75 Å². The number of hydrogen-bond donors (Lipinski definition) is 1. The molecule has 1 aromatic heterocycles. The van der Waals surface area contributed by atoms with Crippen LogP contribution in [0.1, 0.15) is 36.7 Å². The molecule has 29 heavy (non-hydrogen) atoms. The first kappa shape index (κ1) is 20.5. The highest BCUT2D eigenvalue weighted by atomic mass is 19.1. The summed E-state index contributed by atoms with van der Waals surface area (Å²) in [6, 6.07) is 12.7. The van der Waals surface area contributed by atoms with E-state index >= 15 is 0 Å². The minimum Gasteiger partial charge on any atom is -0.492 e. The van der Waals surface area contributed by atoms with Gasteiger partial charge in [-0.25, -0.2) is 9.07 Å². The van der Waals surface area contributed by atoms with E-state index in [-0.39, 0.29) is 36.1 Å². The molecule has 0 spiro atoms. The van der Waals surface area contributed by atoms with Crippen LogP contribution in [0.15, 0.2) is 53.3 Å². The maximum Gasteiger partial charge on any atom is 0.274 e. The maximum atomic E-state index is 12.9. The summed E-state index contributed by atoms with van der Waals surface area (Å²) in [6.07, 6.45) is 2.85. The Kier molecular flexibility index (Phi) is 6.94.